The summed E-state index contributed by atoms with van der Waals surface area (Å²) >= 11 is 0. The number of rotatable bonds is 7. The van der Waals surface area contributed by atoms with Crippen molar-refractivity contribution in [1.82, 2.24) is 10.6 Å². The van der Waals surface area contributed by atoms with E-state index in [1.54, 1.807) is 0 Å². The first-order valence-corrected chi connectivity index (χ1v) is 5.58. The summed E-state index contributed by atoms with van der Waals surface area (Å²) in [4.78, 5) is 33.6. The van der Waals surface area contributed by atoms with Gasteiger partial charge in [-0.3, -0.25) is 14.4 Å². The molecule has 0 aliphatic heterocycles. The fraction of sp³-hybridized carbons (Fsp3) is 0.700. The van der Waals surface area contributed by atoms with Gasteiger partial charge in [0.1, 0.15) is 18.1 Å². The van der Waals surface area contributed by atoms with Crippen LogP contribution in [0, 0.1) is 0 Å². The van der Waals surface area contributed by atoms with Crippen molar-refractivity contribution in [3.8, 4) is 0 Å². The maximum absolute atomic E-state index is 11.6. The van der Waals surface area contributed by atoms with Gasteiger partial charge in [0.25, 0.3) is 0 Å². The Morgan fingerprint density at radius 1 is 1.16 bits per heavy atom. The third-order valence-corrected chi connectivity index (χ3v) is 2.37. The highest BCUT2D eigenvalue weighted by Gasteiger charge is 2.27. The second-order valence-electron chi connectivity index (χ2n) is 4.08. The van der Waals surface area contributed by atoms with E-state index >= 15 is 0 Å². The maximum Gasteiger partial charge on any atom is 0.325 e. The van der Waals surface area contributed by atoms with Crippen molar-refractivity contribution in [2.75, 3.05) is 6.61 Å². The Balaban J connectivity index is 4.54. The molecule has 0 aromatic carbocycles. The number of carbonyl (C=O) groups excluding carboxylic acids is 2. The molecule has 0 aliphatic rings. The standard InChI is InChI=1S/C10H19N3O6/c1-4(10(18)19)12-8(16)6(3-14)13-9(17)7(11)5(2)15/h4-7,14-15H,3,11H2,1-2H3,(H,12,16)(H,13,17)(H,18,19). The van der Waals surface area contributed by atoms with Crippen molar-refractivity contribution in [1.29, 1.82) is 0 Å². The molecular formula is C10H19N3O6. The second-order valence-corrected chi connectivity index (χ2v) is 4.08. The van der Waals surface area contributed by atoms with Gasteiger partial charge in [-0.25, -0.2) is 0 Å². The van der Waals surface area contributed by atoms with Crippen molar-refractivity contribution in [2.24, 2.45) is 5.73 Å². The summed E-state index contributed by atoms with van der Waals surface area (Å²) < 4.78 is 0. The summed E-state index contributed by atoms with van der Waals surface area (Å²) in [7, 11) is 0. The average molecular weight is 277 g/mol. The average Bonchev–Trinajstić information content (AvgIpc) is 2.33. The van der Waals surface area contributed by atoms with Crippen molar-refractivity contribution < 1.29 is 29.7 Å². The minimum atomic E-state index is -1.33. The molecule has 2 amide bonds. The highest BCUT2D eigenvalue weighted by atomic mass is 16.4. The lowest BCUT2D eigenvalue weighted by Gasteiger charge is -2.21. The predicted octanol–water partition coefficient (Wildman–Crippen LogP) is -3.24. The Hall–Kier alpha value is -1.71. The Bertz CT molecular complexity index is 346. The van der Waals surface area contributed by atoms with E-state index in [1.807, 2.05) is 0 Å². The summed E-state index contributed by atoms with van der Waals surface area (Å²) in [5, 5.41) is 30.9. The summed E-state index contributed by atoms with van der Waals surface area (Å²) in [6.45, 7) is 1.80. The zero-order valence-electron chi connectivity index (χ0n) is 10.7. The van der Waals surface area contributed by atoms with Gasteiger partial charge < -0.3 is 31.7 Å². The molecule has 0 rings (SSSR count). The zero-order valence-corrected chi connectivity index (χ0v) is 10.7. The number of aliphatic carboxylic acids is 1. The molecule has 4 atom stereocenters. The first-order chi connectivity index (χ1) is 8.70. The summed E-state index contributed by atoms with van der Waals surface area (Å²) in [6, 6.07) is -3.75. The van der Waals surface area contributed by atoms with Crippen molar-refractivity contribution >= 4 is 17.8 Å². The second kappa shape index (κ2) is 7.67. The Morgan fingerprint density at radius 3 is 2.05 bits per heavy atom. The molecule has 0 saturated heterocycles. The number of nitrogens with one attached hydrogen (secondary N) is 2. The molecule has 9 nitrogen and oxygen atoms in total. The van der Waals surface area contributed by atoms with Crippen LogP contribution in [0.1, 0.15) is 13.8 Å². The van der Waals surface area contributed by atoms with E-state index in [1.165, 1.54) is 13.8 Å². The van der Waals surface area contributed by atoms with Gasteiger partial charge in [-0.2, -0.15) is 0 Å². The highest BCUT2D eigenvalue weighted by molar-refractivity contribution is 5.91. The molecule has 0 aromatic heterocycles. The molecule has 0 aromatic rings. The molecule has 4 unspecified atom stereocenters. The van der Waals surface area contributed by atoms with Crippen molar-refractivity contribution in [2.45, 2.75) is 38.1 Å². The fourth-order valence-corrected chi connectivity index (χ4v) is 1.06. The lowest BCUT2D eigenvalue weighted by atomic mass is 10.1. The summed E-state index contributed by atoms with van der Waals surface area (Å²) in [5.74, 6) is -2.94. The van der Waals surface area contributed by atoms with Crippen LogP contribution in [-0.4, -0.2) is 63.9 Å². The largest absolute Gasteiger partial charge is 0.480 e. The quantitative estimate of drug-likeness (QED) is 0.285. The van der Waals surface area contributed by atoms with Gasteiger partial charge in [-0.15, -0.1) is 0 Å². The molecule has 0 fully saturated rings. The first-order valence-electron chi connectivity index (χ1n) is 5.58. The molecule has 0 saturated carbocycles. The lowest BCUT2D eigenvalue weighted by Crippen LogP contribution is -2.57. The van der Waals surface area contributed by atoms with Gasteiger partial charge in [0.2, 0.25) is 11.8 Å². The molecule has 19 heavy (non-hydrogen) atoms. The Kier molecular flexibility index (Phi) is 6.98. The number of carbonyl (C=O) groups is 3. The van der Waals surface area contributed by atoms with Gasteiger partial charge in [-0.1, -0.05) is 0 Å². The van der Waals surface area contributed by atoms with Crippen LogP contribution in [0.25, 0.3) is 0 Å². The number of amides is 2. The number of carboxylic acids is 1. The van der Waals surface area contributed by atoms with Crippen LogP contribution in [0.5, 0.6) is 0 Å². The zero-order chi connectivity index (χ0) is 15.2. The molecule has 0 heterocycles. The predicted molar refractivity (Wildman–Crippen MR) is 63.9 cm³/mol. The summed E-state index contributed by atoms with van der Waals surface area (Å²) in [6.07, 6.45) is -1.12. The van der Waals surface area contributed by atoms with Crippen LogP contribution in [-0.2, 0) is 14.4 Å². The topological polar surface area (TPSA) is 162 Å². The SMILES string of the molecule is CC(NC(=O)C(CO)NC(=O)C(N)C(C)O)C(=O)O. The number of hydrogen-bond donors (Lipinski definition) is 6. The van der Waals surface area contributed by atoms with E-state index in [4.69, 9.17) is 21.1 Å². The number of carboxylic acid groups (broad SMARTS) is 1. The van der Waals surface area contributed by atoms with Crippen molar-refractivity contribution in [3.63, 3.8) is 0 Å². The molecule has 110 valence electrons. The van der Waals surface area contributed by atoms with Crippen LogP contribution >= 0.6 is 0 Å². The normalized spacial score (nSPS) is 16.9. The molecule has 0 bridgehead atoms. The van der Waals surface area contributed by atoms with Gasteiger partial charge in [0.05, 0.1) is 12.7 Å². The number of hydrogen-bond acceptors (Lipinski definition) is 6. The van der Waals surface area contributed by atoms with Crippen LogP contribution in [0.15, 0.2) is 0 Å². The van der Waals surface area contributed by atoms with Gasteiger partial charge in [0, 0.05) is 0 Å². The molecule has 9 heteroatoms. The smallest absolute Gasteiger partial charge is 0.325 e. The van der Waals surface area contributed by atoms with E-state index in [0.717, 1.165) is 0 Å². The molecular weight excluding hydrogens is 258 g/mol. The number of aliphatic hydroxyl groups excluding tert-OH is 2. The summed E-state index contributed by atoms with van der Waals surface area (Å²) in [5.41, 5.74) is 5.34. The van der Waals surface area contributed by atoms with Gasteiger partial charge in [-0.05, 0) is 13.8 Å². The van der Waals surface area contributed by atoms with E-state index in [9.17, 15) is 14.4 Å². The fourth-order valence-electron chi connectivity index (χ4n) is 1.06. The van der Waals surface area contributed by atoms with Crippen LogP contribution in [0.2, 0.25) is 0 Å². The van der Waals surface area contributed by atoms with Crippen molar-refractivity contribution in [3.05, 3.63) is 0 Å². The lowest BCUT2D eigenvalue weighted by molar-refractivity contribution is -0.142. The van der Waals surface area contributed by atoms with E-state index in [2.05, 4.69) is 10.6 Å². The Morgan fingerprint density at radius 2 is 1.68 bits per heavy atom. The monoisotopic (exact) mass is 277 g/mol. The van der Waals surface area contributed by atoms with Gasteiger partial charge in [0.15, 0.2) is 0 Å². The molecule has 7 N–H and O–H groups in total. The maximum atomic E-state index is 11.6. The van der Waals surface area contributed by atoms with E-state index in [-0.39, 0.29) is 0 Å². The van der Waals surface area contributed by atoms with Crippen LogP contribution < -0.4 is 16.4 Å². The number of nitrogens with two attached hydrogens (primary N) is 1. The molecule has 0 radical (unpaired) electrons. The Labute approximate surface area is 109 Å². The highest BCUT2D eigenvalue weighted by Crippen LogP contribution is 1.92. The van der Waals surface area contributed by atoms with Crippen LogP contribution in [0.3, 0.4) is 0 Å². The van der Waals surface area contributed by atoms with Gasteiger partial charge >= 0.3 is 5.97 Å². The molecule has 0 aliphatic carbocycles. The van der Waals surface area contributed by atoms with E-state index < -0.39 is 48.6 Å². The number of aliphatic hydroxyl groups is 2. The minimum Gasteiger partial charge on any atom is -0.480 e. The molecule has 0 spiro atoms. The third-order valence-electron chi connectivity index (χ3n) is 2.37. The first kappa shape index (κ1) is 17.3. The van der Waals surface area contributed by atoms with E-state index in [0.29, 0.717) is 0 Å². The third kappa shape index (κ3) is 5.64. The minimum absolute atomic E-state index is 0.726. The van der Waals surface area contributed by atoms with Crippen LogP contribution in [0.4, 0.5) is 0 Å².